The lowest BCUT2D eigenvalue weighted by Crippen LogP contribution is -2.40. The van der Waals surface area contributed by atoms with Crippen molar-refractivity contribution in [2.75, 3.05) is 0 Å². The number of aryl methyl sites for hydroxylation is 2. The lowest BCUT2D eigenvalue weighted by molar-refractivity contribution is 0.0918. The van der Waals surface area contributed by atoms with Crippen LogP contribution in [0.4, 0.5) is 0 Å². The standard InChI is InChI=1S/C18H23NO2/c1-11-10-15(13(3)20-11)12(2)19-17-14-8-6-7-9-16(14)21-18(17,4)5/h6-10,12,17,19H,1-5H3. The molecular weight excluding hydrogens is 262 g/mol. The average molecular weight is 285 g/mol. The Bertz CT molecular complexity index is 657. The summed E-state index contributed by atoms with van der Waals surface area (Å²) in [6.45, 7) is 10.4. The molecule has 3 heteroatoms. The average Bonchev–Trinajstić information content (AvgIpc) is 2.87. The molecule has 1 aromatic carbocycles. The van der Waals surface area contributed by atoms with Gasteiger partial charge in [-0.3, -0.25) is 5.32 Å². The van der Waals surface area contributed by atoms with Crippen LogP contribution in [0.1, 0.15) is 55.5 Å². The molecule has 0 bridgehead atoms. The minimum Gasteiger partial charge on any atom is -0.486 e. The number of furan rings is 1. The SMILES string of the molecule is Cc1cc(C(C)NC2c3ccccc3OC2(C)C)c(C)o1. The lowest BCUT2D eigenvalue weighted by Gasteiger charge is -2.30. The van der Waals surface area contributed by atoms with Gasteiger partial charge in [-0.1, -0.05) is 18.2 Å². The molecule has 1 N–H and O–H groups in total. The van der Waals surface area contributed by atoms with Gasteiger partial charge < -0.3 is 9.15 Å². The smallest absolute Gasteiger partial charge is 0.125 e. The fraction of sp³-hybridized carbons (Fsp3) is 0.444. The van der Waals surface area contributed by atoms with E-state index in [1.165, 1.54) is 11.1 Å². The first-order valence-corrected chi connectivity index (χ1v) is 7.49. The molecule has 0 fully saturated rings. The maximum atomic E-state index is 6.09. The zero-order valence-corrected chi connectivity index (χ0v) is 13.4. The van der Waals surface area contributed by atoms with Crippen LogP contribution in [0.25, 0.3) is 0 Å². The summed E-state index contributed by atoms with van der Waals surface area (Å²) in [6.07, 6.45) is 0. The molecule has 0 saturated carbocycles. The van der Waals surface area contributed by atoms with Gasteiger partial charge in [-0.2, -0.15) is 0 Å². The zero-order valence-electron chi connectivity index (χ0n) is 13.4. The summed E-state index contributed by atoms with van der Waals surface area (Å²) >= 11 is 0. The Morgan fingerprint density at radius 1 is 1.19 bits per heavy atom. The van der Waals surface area contributed by atoms with E-state index in [1.807, 2.05) is 26.0 Å². The predicted octanol–water partition coefficient (Wildman–Crippen LogP) is 4.46. The van der Waals surface area contributed by atoms with Crippen LogP contribution in [0.2, 0.25) is 0 Å². The van der Waals surface area contributed by atoms with Crippen molar-refractivity contribution in [2.24, 2.45) is 0 Å². The van der Waals surface area contributed by atoms with Crippen molar-refractivity contribution in [1.82, 2.24) is 5.32 Å². The Morgan fingerprint density at radius 2 is 1.90 bits per heavy atom. The van der Waals surface area contributed by atoms with E-state index in [0.29, 0.717) is 0 Å². The fourth-order valence-electron chi connectivity index (χ4n) is 3.24. The Hall–Kier alpha value is -1.74. The third-order valence-electron chi connectivity index (χ3n) is 4.26. The van der Waals surface area contributed by atoms with E-state index in [4.69, 9.17) is 9.15 Å². The van der Waals surface area contributed by atoms with E-state index in [9.17, 15) is 0 Å². The van der Waals surface area contributed by atoms with E-state index < -0.39 is 0 Å². The Kier molecular flexibility index (Phi) is 3.33. The first-order valence-electron chi connectivity index (χ1n) is 7.49. The summed E-state index contributed by atoms with van der Waals surface area (Å²) in [5.74, 6) is 2.92. The molecule has 1 aliphatic rings. The summed E-state index contributed by atoms with van der Waals surface area (Å²) in [7, 11) is 0. The number of rotatable bonds is 3. The van der Waals surface area contributed by atoms with Gasteiger partial charge in [0.1, 0.15) is 22.9 Å². The summed E-state index contributed by atoms with van der Waals surface area (Å²) in [6, 6.07) is 10.8. The number of nitrogens with one attached hydrogen (secondary N) is 1. The van der Waals surface area contributed by atoms with Crippen LogP contribution in [0.3, 0.4) is 0 Å². The number of hydrogen-bond acceptors (Lipinski definition) is 3. The molecule has 2 heterocycles. The number of hydrogen-bond donors (Lipinski definition) is 1. The highest BCUT2D eigenvalue weighted by molar-refractivity contribution is 5.42. The van der Waals surface area contributed by atoms with E-state index >= 15 is 0 Å². The molecule has 21 heavy (non-hydrogen) atoms. The normalized spacial score (nSPS) is 20.9. The lowest BCUT2D eigenvalue weighted by atomic mass is 9.93. The van der Waals surface area contributed by atoms with Crippen LogP contribution in [0, 0.1) is 13.8 Å². The minimum atomic E-state index is -0.259. The topological polar surface area (TPSA) is 34.4 Å². The predicted molar refractivity (Wildman–Crippen MR) is 83.6 cm³/mol. The maximum Gasteiger partial charge on any atom is 0.125 e. The van der Waals surface area contributed by atoms with Gasteiger partial charge in [-0.05, 0) is 46.8 Å². The quantitative estimate of drug-likeness (QED) is 0.904. The summed E-state index contributed by atoms with van der Waals surface area (Å²) in [5, 5.41) is 3.71. The molecule has 2 aromatic rings. The third kappa shape index (κ3) is 2.46. The van der Waals surface area contributed by atoms with E-state index in [-0.39, 0.29) is 17.7 Å². The van der Waals surface area contributed by atoms with Crippen molar-refractivity contribution in [3.63, 3.8) is 0 Å². The van der Waals surface area contributed by atoms with Crippen LogP contribution >= 0.6 is 0 Å². The molecule has 2 unspecified atom stereocenters. The van der Waals surface area contributed by atoms with Crippen molar-refractivity contribution in [3.8, 4) is 5.75 Å². The molecule has 0 amide bonds. The van der Waals surface area contributed by atoms with E-state index in [1.54, 1.807) is 0 Å². The Labute approximate surface area is 126 Å². The highest BCUT2D eigenvalue weighted by Gasteiger charge is 2.41. The third-order valence-corrected chi connectivity index (χ3v) is 4.26. The van der Waals surface area contributed by atoms with Crippen molar-refractivity contribution < 1.29 is 9.15 Å². The minimum absolute atomic E-state index is 0.165. The van der Waals surface area contributed by atoms with Crippen LogP contribution in [0.5, 0.6) is 5.75 Å². The van der Waals surface area contributed by atoms with Gasteiger partial charge in [0.2, 0.25) is 0 Å². The van der Waals surface area contributed by atoms with E-state index in [2.05, 4.69) is 44.3 Å². The van der Waals surface area contributed by atoms with Gasteiger partial charge in [-0.25, -0.2) is 0 Å². The van der Waals surface area contributed by atoms with E-state index in [0.717, 1.165) is 17.3 Å². The molecule has 112 valence electrons. The molecule has 0 saturated heterocycles. The fourth-order valence-corrected chi connectivity index (χ4v) is 3.24. The second-order valence-corrected chi connectivity index (χ2v) is 6.43. The van der Waals surface area contributed by atoms with Crippen LogP contribution in [0.15, 0.2) is 34.7 Å². The highest BCUT2D eigenvalue weighted by Crippen LogP contribution is 2.43. The molecule has 3 nitrogen and oxygen atoms in total. The second kappa shape index (κ2) is 4.92. The zero-order chi connectivity index (χ0) is 15.2. The van der Waals surface area contributed by atoms with Crippen molar-refractivity contribution in [1.29, 1.82) is 0 Å². The number of benzene rings is 1. The second-order valence-electron chi connectivity index (χ2n) is 6.43. The van der Waals surface area contributed by atoms with Gasteiger partial charge in [0.25, 0.3) is 0 Å². The Morgan fingerprint density at radius 3 is 2.57 bits per heavy atom. The molecule has 0 radical (unpaired) electrons. The maximum absolute atomic E-state index is 6.09. The number of ether oxygens (including phenoxy) is 1. The van der Waals surface area contributed by atoms with Gasteiger partial charge in [0.15, 0.2) is 0 Å². The molecule has 2 atom stereocenters. The molecule has 1 aromatic heterocycles. The molecule has 3 rings (SSSR count). The molecule has 0 aliphatic carbocycles. The summed E-state index contributed by atoms with van der Waals surface area (Å²) < 4.78 is 11.7. The highest BCUT2D eigenvalue weighted by atomic mass is 16.5. The molecule has 1 aliphatic heterocycles. The van der Waals surface area contributed by atoms with Crippen LogP contribution < -0.4 is 10.1 Å². The van der Waals surface area contributed by atoms with Gasteiger partial charge >= 0.3 is 0 Å². The van der Waals surface area contributed by atoms with Crippen LogP contribution in [-0.2, 0) is 0 Å². The van der Waals surface area contributed by atoms with Crippen molar-refractivity contribution in [2.45, 2.75) is 52.3 Å². The first kappa shape index (κ1) is 14.2. The van der Waals surface area contributed by atoms with Gasteiger partial charge in [0.05, 0.1) is 6.04 Å². The van der Waals surface area contributed by atoms with Crippen molar-refractivity contribution >= 4 is 0 Å². The van der Waals surface area contributed by atoms with Gasteiger partial charge in [0, 0.05) is 17.2 Å². The summed E-state index contributed by atoms with van der Waals surface area (Å²) in [5.41, 5.74) is 2.19. The monoisotopic (exact) mass is 285 g/mol. The Balaban J connectivity index is 1.88. The van der Waals surface area contributed by atoms with Gasteiger partial charge in [-0.15, -0.1) is 0 Å². The molecule has 0 spiro atoms. The number of para-hydroxylation sites is 1. The van der Waals surface area contributed by atoms with Crippen LogP contribution in [-0.4, -0.2) is 5.60 Å². The number of fused-ring (bicyclic) bond motifs is 1. The molecular formula is C18H23NO2. The van der Waals surface area contributed by atoms with Crippen molar-refractivity contribution in [3.05, 3.63) is 53.0 Å². The first-order chi connectivity index (χ1) is 9.88. The summed E-state index contributed by atoms with van der Waals surface area (Å²) in [4.78, 5) is 0. The largest absolute Gasteiger partial charge is 0.486 e.